The molecule has 0 radical (unpaired) electrons. The van der Waals surface area contributed by atoms with Crippen molar-refractivity contribution in [2.45, 2.75) is 25.8 Å². The summed E-state index contributed by atoms with van der Waals surface area (Å²) in [6.45, 7) is 1.87. The number of aliphatic carboxylic acids is 1. The Morgan fingerprint density at radius 1 is 1.78 bits per heavy atom. The number of hydrogen-bond donors (Lipinski definition) is 2. The molecule has 0 fully saturated rings. The number of rotatable bonds is 3. The molecule has 3 nitrogen and oxygen atoms in total. The molecule has 0 aromatic rings. The monoisotopic (exact) mass is 301 g/mol. The molecule has 9 heavy (non-hydrogen) atoms. The zero-order valence-corrected chi connectivity index (χ0v) is 8.27. The zero-order valence-electron chi connectivity index (χ0n) is 5.33. The molecular formula is C5H11NO2W. The predicted molar refractivity (Wildman–Crippen MR) is 30.5 cm³/mol. The van der Waals surface area contributed by atoms with Gasteiger partial charge < -0.3 is 10.8 Å². The van der Waals surface area contributed by atoms with Crippen LogP contribution in [0.3, 0.4) is 0 Å². The van der Waals surface area contributed by atoms with Crippen LogP contribution in [0.1, 0.15) is 19.8 Å². The Morgan fingerprint density at radius 3 is 2.33 bits per heavy atom. The number of hydrogen-bond acceptors (Lipinski definition) is 2. The molecule has 54 valence electrons. The van der Waals surface area contributed by atoms with Gasteiger partial charge in [0.15, 0.2) is 0 Å². The van der Waals surface area contributed by atoms with Gasteiger partial charge >= 0.3 is 5.97 Å². The Bertz CT molecular complexity index is 87.0. The summed E-state index contributed by atoms with van der Waals surface area (Å²) in [5.41, 5.74) is 5.29. The second-order valence-electron chi connectivity index (χ2n) is 1.77. The van der Waals surface area contributed by atoms with E-state index in [-0.39, 0.29) is 33.5 Å². The standard InChI is InChI=1S/C5H11NO2.W/c1-2-4(6)3-5(7)8;/h4H,2-3,6H2,1H3,(H,7,8);. The van der Waals surface area contributed by atoms with Gasteiger partial charge in [0, 0.05) is 27.1 Å². The third-order valence-electron chi connectivity index (χ3n) is 0.961. The maximum atomic E-state index is 9.89. The van der Waals surface area contributed by atoms with Crippen LogP contribution in [0.15, 0.2) is 0 Å². The Balaban J connectivity index is 0. The van der Waals surface area contributed by atoms with E-state index in [0.717, 1.165) is 6.42 Å². The van der Waals surface area contributed by atoms with Gasteiger partial charge in [-0.2, -0.15) is 0 Å². The number of carbonyl (C=O) groups is 1. The third kappa shape index (κ3) is 8.12. The molecule has 0 spiro atoms. The van der Waals surface area contributed by atoms with Crippen molar-refractivity contribution in [1.82, 2.24) is 0 Å². The first-order valence-corrected chi connectivity index (χ1v) is 2.64. The average molecular weight is 301 g/mol. The summed E-state index contributed by atoms with van der Waals surface area (Å²) in [5, 5.41) is 8.14. The number of nitrogens with two attached hydrogens (primary N) is 1. The molecule has 1 atom stereocenters. The minimum Gasteiger partial charge on any atom is -0.481 e. The summed E-state index contributed by atoms with van der Waals surface area (Å²) >= 11 is 0. The van der Waals surface area contributed by atoms with E-state index in [4.69, 9.17) is 10.8 Å². The molecule has 0 bridgehead atoms. The fraction of sp³-hybridized carbons (Fsp3) is 0.800. The second kappa shape index (κ2) is 6.24. The van der Waals surface area contributed by atoms with Crippen molar-refractivity contribution in [1.29, 1.82) is 0 Å². The number of carboxylic acid groups (broad SMARTS) is 1. The zero-order chi connectivity index (χ0) is 6.57. The topological polar surface area (TPSA) is 63.3 Å². The summed E-state index contributed by atoms with van der Waals surface area (Å²) in [4.78, 5) is 9.89. The third-order valence-corrected chi connectivity index (χ3v) is 0.961. The molecule has 0 amide bonds. The Kier molecular flexibility index (Phi) is 8.23. The molecule has 0 aromatic carbocycles. The van der Waals surface area contributed by atoms with Gasteiger partial charge in [-0.1, -0.05) is 6.92 Å². The molecule has 4 heteroatoms. The quantitative estimate of drug-likeness (QED) is 0.782. The summed E-state index contributed by atoms with van der Waals surface area (Å²) in [5.74, 6) is -0.820. The minimum atomic E-state index is -0.820. The van der Waals surface area contributed by atoms with Gasteiger partial charge in [0.2, 0.25) is 0 Å². The molecule has 0 aliphatic rings. The van der Waals surface area contributed by atoms with Gasteiger partial charge in [-0.15, -0.1) is 0 Å². The van der Waals surface area contributed by atoms with Crippen molar-refractivity contribution < 1.29 is 31.0 Å². The molecule has 1 unspecified atom stereocenters. The Labute approximate surface area is 68.9 Å². The average Bonchev–Trinajstić information content (AvgIpc) is 1.65. The van der Waals surface area contributed by atoms with Crippen molar-refractivity contribution in [3.63, 3.8) is 0 Å². The van der Waals surface area contributed by atoms with Gasteiger partial charge in [-0.3, -0.25) is 4.79 Å². The first kappa shape index (κ1) is 11.9. The fourth-order valence-electron chi connectivity index (χ4n) is 0.369. The van der Waals surface area contributed by atoms with Crippen LogP contribution in [0, 0.1) is 0 Å². The van der Waals surface area contributed by atoms with Crippen LogP contribution >= 0.6 is 0 Å². The molecule has 0 aliphatic heterocycles. The Hall–Kier alpha value is 0.118. The van der Waals surface area contributed by atoms with Crippen molar-refractivity contribution in [2.75, 3.05) is 0 Å². The Morgan fingerprint density at radius 2 is 2.22 bits per heavy atom. The molecule has 0 saturated heterocycles. The van der Waals surface area contributed by atoms with E-state index >= 15 is 0 Å². The van der Waals surface area contributed by atoms with Crippen LogP contribution in [0.4, 0.5) is 0 Å². The minimum absolute atomic E-state index is 0. The normalized spacial score (nSPS) is 11.8. The van der Waals surface area contributed by atoms with Crippen LogP contribution < -0.4 is 5.73 Å². The van der Waals surface area contributed by atoms with E-state index in [1.807, 2.05) is 6.92 Å². The van der Waals surface area contributed by atoms with E-state index in [0.29, 0.717) is 0 Å². The SMILES string of the molecule is CCC(N)CC(=O)O.[W]. The van der Waals surface area contributed by atoms with Crippen molar-refractivity contribution in [3.8, 4) is 0 Å². The summed E-state index contributed by atoms with van der Waals surface area (Å²) < 4.78 is 0. The smallest absolute Gasteiger partial charge is 0.304 e. The predicted octanol–water partition coefficient (Wildman–Crippen LogP) is 0.196. The van der Waals surface area contributed by atoms with Crippen LogP contribution in [0.5, 0.6) is 0 Å². The maximum absolute atomic E-state index is 9.89. The van der Waals surface area contributed by atoms with E-state index < -0.39 is 5.97 Å². The van der Waals surface area contributed by atoms with E-state index in [9.17, 15) is 4.79 Å². The molecule has 0 rings (SSSR count). The largest absolute Gasteiger partial charge is 0.481 e. The van der Waals surface area contributed by atoms with Gasteiger partial charge in [-0.25, -0.2) is 0 Å². The fourth-order valence-corrected chi connectivity index (χ4v) is 0.369. The summed E-state index contributed by atoms with van der Waals surface area (Å²) in [6, 6.07) is -0.174. The summed E-state index contributed by atoms with van der Waals surface area (Å²) in [6.07, 6.45) is 0.808. The number of carboxylic acids is 1. The van der Waals surface area contributed by atoms with E-state index in [1.165, 1.54) is 0 Å². The maximum Gasteiger partial charge on any atom is 0.304 e. The van der Waals surface area contributed by atoms with Gasteiger partial charge in [0.05, 0.1) is 6.42 Å². The van der Waals surface area contributed by atoms with Crippen LogP contribution in [0.25, 0.3) is 0 Å². The second-order valence-corrected chi connectivity index (χ2v) is 1.77. The van der Waals surface area contributed by atoms with Gasteiger partial charge in [0.25, 0.3) is 0 Å². The van der Waals surface area contributed by atoms with Crippen molar-refractivity contribution >= 4 is 5.97 Å². The van der Waals surface area contributed by atoms with Crippen LogP contribution in [0.2, 0.25) is 0 Å². The first-order chi connectivity index (χ1) is 3.66. The summed E-state index contributed by atoms with van der Waals surface area (Å²) in [7, 11) is 0. The molecule has 0 aromatic heterocycles. The molecule has 0 aliphatic carbocycles. The van der Waals surface area contributed by atoms with Gasteiger partial charge in [0.1, 0.15) is 0 Å². The molecular weight excluding hydrogens is 290 g/mol. The molecule has 0 heterocycles. The van der Waals surface area contributed by atoms with Crippen molar-refractivity contribution in [2.24, 2.45) is 5.73 Å². The van der Waals surface area contributed by atoms with E-state index in [1.54, 1.807) is 0 Å². The van der Waals surface area contributed by atoms with Gasteiger partial charge in [-0.05, 0) is 6.42 Å². The van der Waals surface area contributed by atoms with Crippen LogP contribution in [-0.4, -0.2) is 17.1 Å². The molecule has 3 N–H and O–H groups in total. The first-order valence-electron chi connectivity index (χ1n) is 2.64. The van der Waals surface area contributed by atoms with Crippen molar-refractivity contribution in [3.05, 3.63) is 0 Å². The van der Waals surface area contributed by atoms with E-state index in [2.05, 4.69) is 0 Å². The van der Waals surface area contributed by atoms with Crippen LogP contribution in [-0.2, 0) is 25.9 Å². The molecule has 0 saturated carbocycles.